The van der Waals surface area contributed by atoms with Crippen LogP contribution < -0.4 is 5.32 Å². The third kappa shape index (κ3) is 4.16. The van der Waals surface area contributed by atoms with Crippen molar-refractivity contribution in [2.24, 2.45) is 0 Å². The normalized spacial score (nSPS) is 10.9. The van der Waals surface area contributed by atoms with Gasteiger partial charge in [0.05, 0.1) is 0 Å². The molecular weight excluding hydrogens is 190 g/mol. The predicted molar refractivity (Wildman–Crippen MR) is 65.1 cm³/mol. The van der Waals surface area contributed by atoms with Crippen LogP contribution in [0.4, 0.5) is 0 Å². The number of thioether (sulfide) groups is 1. The second-order valence-electron chi connectivity index (χ2n) is 3.67. The van der Waals surface area contributed by atoms with Crippen molar-refractivity contribution in [2.75, 3.05) is 13.6 Å². The fourth-order valence-electron chi connectivity index (χ4n) is 1.32. The van der Waals surface area contributed by atoms with Crippen molar-refractivity contribution >= 4 is 11.8 Å². The Morgan fingerprint density at radius 3 is 2.79 bits per heavy atom. The van der Waals surface area contributed by atoms with Crippen molar-refractivity contribution in [3.05, 3.63) is 29.8 Å². The molecule has 1 N–H and O–H groups in total. The SMILES string of the molecule is CNCCc1cccc(SC(C)C)c1. The second-order valence-corrected chi connectivity index (χ2v) is 5.32. The highest BCUT2D eigenvalue weighted by Crippen LogP contribution is 2.23. The monoisotopic (exact) mass is 209 g/mol. The molecule has 0 aliphatic carbocycles. The molecule has 0 bridgehead atoms. The van der Waals surface area contributed by atoms with Gasteiger partial charge in [-0.25, -0.2) is 0 Å². The Bertz CT molecular complexity index is 271. The quantitative estimate of drug-likeness (QED) is 0.748. The summed E-state index contributed by atoms with van der Waals surface area (Å²) in [4.78, 5) is 1.38. The molecule has 2 heteroatoms. The number of rotatable bonds is 5. The minimum Gasteiger partial charge on any atom is -0.319 e. The predicted octanol–water partition coefficient (Wildman–Crippen LogP) is 2.95. The summed E-state index contributed by atoms with van der Waals surface area (Å²) in [6.07, 6.45) is 1.11. The molecule has 0 aromatic heterocycles. The number of hydrogen-bond acceptors (Lipinski definition) is 2. The van der Waals surface area contributed by atoms with Crippen molar-refractivity contribution in [2.45, 2.75) is 30.4 Å². The van der Waals surface area contributed by atoms with Gasteiger partial charge in [0.25, 0.3) is 0 Å². The van der Waals surface area contributed by atoms with Gasteiger partial charge in [0.2, 0.25) is 0 Å². The molecule has 78 valence electrons. The maximum absolute atomic E-state index is 3.17. The number of hydrogen-bond donors (Lipinski definition) is 1. The molecule has 0 saturated heterocycles. The minimum absolute atomic E-state index is 0.662. The van der Waals surface area contributed by atoms with Crippen LogP contribution in [-0.2, 0) is 6.42 Å². The van der Waals surface area contributed by atoms with Crippen LogP contribution in [0.25, 0.3) is 0 Å². The van der Waals surface area contributed by atoms with E-state index < -0.39 is 0 Å². The molecule has 1 aromatic rings. The lowest BCUT2D eigenvalue weighted by Gasteiger charge is -2.07. The smallest absolute Gasteiger partial charge is 0.00773 e. The molecule has 0 aliphatic heterocycles. The fourth-order valence-corrected chi connectivity index (χ4v) is 2.24. The second kappa shape index (κ2) is 6.10. The lowest BCUT2D eigenvalue weighted by Crippen LogP contribution is -2.10. The molecule has 14 heavy (non-hydrogen) atoms. The molecule has 0 saturated carbocycles. The van der Waals surface area contributed by atoms with E-state index in [9.17, 15) is 0 Å². The molecule has 0 aliphatic rings. The number of benzene rings is 1. The van der Waals surface area contributed by atoms with Crippen LogP contribution in [0.1, 0.15) is 19.4 Å². The van der Waals surface area contributed by atoms with Gasteiger partial charge in [-0.05, 0) is 37.7 Å². The van der Waals surface area contributed by atoms with Crippen molar-refractivity contribution in [1.82, 2.24) is 5.32 Å². The highest BCUT2D eigenvalue weighted by molar-refractivity contribution is 7.99. The largest absolute Gasteiger partial charge is 0.319 e. The molecule has 0 amide bonds. The van der Waals surface area contributed by atoms with Crippen LogP contribution >= 0.6 is 11.8 Å². The van der Waals surface area contributed by atoms with Crippen LogP contribution in [0.3, 0.4) is 0 Å². The Balaban J connectivity index is 2.59. The summed E-state index contributed by atoms with van der Waals surface area (Å²) in [6, 6.07) is 8.83. The van der Waals surface area contributed by atoms with Crippen molar-refractivity contribution in [1.29, 1.82) is 0 Å². The highest BCUT2D eigenvalue weighted by atomic mass is 32.2. The van der Waals surface area contributed by atoms with Crippen LogP contribution in [0.15, 0.2) is 29.2 Å². The average molecular weight is 209 g/mol. The van der Waals surface area contributed by atoms with Gasteiger partial charge in [0, 0.05) is 10.1 Å². The number of likely N-dealkylation sites (N-methyl/N-ethyl adjacent to an activating group) is 1. The zero-order valence-corrected chi connectivity index (χ0v) is 10.0. The topological polar surface area (TPSA) is 12.0 Å². The average Bonchev–Trinajstić information content (AvgIpc) is 2.14. The molecule has 0 spiro atoms. The van der Waals surface area contributed by atoms with E-state index in [0.29, 0.717) is 5.25 Å². The van der Waals surface area contributed by atoms with Crippen molar-refractivity contribution < 1.29 is 0 Å². The molecule has 1 rings (SSSR count). The summed E-state index contributed by atoms with van der Waals surface area (Å²) in [5.74, 6) is 0. The van der Waals surface area contributed by atoms with Crippen LogP contribution in [0.2, 0.25) is 0 Å². The van der Waals surface area contributed by atoms with Crippen molar-refractivity contribution in [3.63, 3.8) is 0 Å². The van der Waals surface area contributed by atoms with Crippen LogP contribution in [0, 0.1) is 0 Å². The van der Waals surface area contributed by atoms with Gasteiger partial charge in [0.1, 0.15) is 0 Å². The Kier molecular flexibility index (Phi) is 5.05. The molecule has 0 fully saturated rings. The highest BCUT2D eigenvalue weighted by Gasteiger charge is 1.99. The first-order chi connectivity index (χ1) is 6.72. The van der Waals surface area contributed by atoms with E-state index in [1.165, 1.54) is 10.5 Å². The third-order valence-electron chi connectivity index (χ3n) is 1.93. The lowest BCUT2D eigenvalue weighted by atomic mass is 10.1. The maximum Gasteiger partial charge on any atom is 0.00773 e. The zero-order valence-electron chi connectivity index (χ0n) is 9.21. The molecule has 1 aromatic carbocycles. The Morgan fingerprint density at radius 1 is 1.36 bits per heavy atom. The summed E-state index contributed by atoms with van der Waals surface area (Å²) < 4.78 is 0. The Morgan fingerprint density at radius 2 is 2.14 bits per heavy atom. The van der Waals surface area contributed by atoms with Crippen molar-refractivity contribution in [3.8, 4) is 0 Å². The Hall–Kier alpha value is -0.470. The van der Waals surface area contributed by atoms with Gasteiger partial charge >= 0.3 is 0 Å². The van der Waals surface area contributed by atoms with Gasteiger partial charge in [0.15, 0.2) is 0 Å². The third-order valence-corrected chi connectivity index (χ3v) is 2.93. The van der Waals surface area contributed by atoms with E-state index in [0.717, 1.165) is 13.0 Å². The van der Waals surface area contributed by atoms with Gasteiger partial charge in [-0.3, -0.25) is 0 Å². The summed E-state index contributed by atoms with van der Waals surface area (Å²) >= 11 is 1.93. The van der Waals surface area contributed by atoms with Gasteiger partial charge < -0.3 is 5.32 Å². The summed E-state index contributed by atoms with van der Waals surface area (Å²) in [7, 11) is 1.99. The van der Waals surface area contributed by atoms with E-state index in [1.807, 2.05) is 18.8 Å². The molecule has 0 atom stereocenters. The Labute approximate surface area is 91.3 Å². The van der Waals surface area contributed by atoms with Crippen LogP contribution in [-0.4, -0.2) is 18.8 Å². The zero-order chi connectivity index (χ0) is 10.4. The van der Waals surface area contributed by atoms with E-state index in [2.05, 4.69) is 43.4 Å². The summed E-state index contributed by atoms with van der Waals surface area (Å²) in [5, 5.41) is 3.83. The minimum atomic E-state index is 0.662. The summed E-state index contributed by atoms with van der Waals surface area (Å²) in [5.41, 5.74) is 1.42. The van der Waals surface area contributed by atoms with E-state index in [4.69, 9.17) is 0 Å². The van der Waals surface area contributed by atoms with Gasteiger partial charge in [-0.15, -0.1) is 11.8 Å². The van der Waals surface area contributed by atoms with Gasteiger partial charge in [-0.1, -0.05) is 26.0 Å². The first kappa shape index (κ1) is 11.6. The molecular formula is C12H19NS. The molecule has 1 nitrogen and oxygen atoms in total. The molecule has 0 unspecified atom stereocenters. The molecule has 0 heterocycles. The molecule has 0 radical (unpaired) electrons. The van der Waals surface area contributed by atoms with E-state index in [-0.39, 0.29) is 0 Å². The summed E-state index contributed by atoms with van der Waals surface area (Å²) in [6.45, 7) is 5.51. The van der Waals surface area contributed by atoms with Gasteiger partial charge in [-0.2, -0.15) is 0 Å². The lowest BCUT2D eigenvalue weighted by molar-refractivity contribution is 0.790. The van der Waals surface area contributed by atoms with E-state index >= 15 is 0 Å². The van der Waals surface area contributed by atoms with Crippen LogP contribution in [0.5, 0.6) is 0 Å². The first-order valence-electron chi connectivity index (χ1n) is 5.12. The maximum atomic E-state index is 3.17. The number of nitrogens with one attached hydrogen (secondary N) is 1. The standard InChI is InChI=1S/C12H19NS/c1-10(2)14-12-6-4-5-11(9-12)7-8-13-3/h4-6,9-10,13H,7-8H2,1-3H3. The fraction of sp³-hybridized carbons (Fsp3) is 0.500. The van der Waals surface area contributed by atoms with E-state index in [1.54, 1.807) is 0 Å². The first-order valence-corrected chi connectivity index (χ1v) is 6.00.